The third-order valence-electron chi connectivity index (χ3n) is 2.40. The van der Waals surface area contributed by atoms with Crippen molar-refractivity contribution in [3.63, 3.8) is 0 Å². The van der Waals surface area contributed by atoms with Crippen molar-refractivity contribution in [3.05, 3.63) is 16.0 Å². The first-order valence-electron chi connectivity index (χ1n) is 7.10. The van der Waals surface area contributed by atoms with E-state index in [0.717, 1.165) is 4.68 Å². The maximum Gasteiger partial charge on any atom is 0.433 e. The maximum absolute atomic E-state index is 12.0. The highest BCUT2D eigenvalue weighted by Gasteiger charge is 2.23. The Morgan fingerprint density at radius 2 is 1.57 bits per heavy atom. The Kier molecular flexibility index (Phi) is 5.13. The Labute approximate surface area is 134 Å². The van der Waals surface area contributed by atoms with Crippen molar-refractivity contribution in [1.82, 2.24) is 15.2 Å². The molecule has 23 heavy (non-hydrogen) atoms. The summed E-state index contributed by atoms with van der Waals surface area (Å²) in [5.74, 6) is 0. The summed E-state index contributed by atoms with van der Waals surface area (Å²) >= 11 is 0. The lowest BCUT2D eigenvalue weighted by molar-refractivity contribution is 0.0508. The van der Waals surface area contributed by atoms with Gasteiger partial charge in [0.05, 0.1) is 5.69 Å². The number of rotatable bonds is 2. The number of H-pyrrole nitrogens is 1. The number of nitrogens with zero attached hydrogens (tertiary/aromatic N) is 1. The molecular formula is C14H24N4O5. The quantitative estimate of drug-likeness (QED) is 0.716. The molecule has 1 rings (SSSR count). The standard InChI is InChI=1S/C14H24N4O5/c1-8-9(15-16-11(20)22-13(2,3)4)10(19)17-18(8)12(21)23-14(5,6)7/h15H,1-7H3,(H,16,20)(H,17,19). The number of carbonyl (C=O) groups is 2. The van der Waals surface area contributed by atoms with Gasteiger partial charge in [0.25, 0.3) is 5.56 Å². The Bertz CT molecular complexity index is 646. The van der Waals surface area contributed by atoms with Gasteiger partial charge in [-0.25, -0.2) is 15.0 Å². The summed E-state index contributed by atoms with van der Waals surface area (Å²) in [7, 11) is 0. The summed E-state index contributed by atoms with van der Waals surface area (Å²) in [5, 5.41) is 2.34. The van der Waals surface area contributed by atoms with Crippen LogP contribution in [0.3, 0.4) is 0 Å². The molecule has 1 aromatic rings. The lowest BCUT2D eigenvalue weighted by Crippen LogP contribution is -2.37. The van der Waals surface area contributed by atoms with E-state index in [4.69, 9.17) is 9.47 Å². The fraction of sp³-hybridized carbons (Fsp3) is 0.643. The smallest absolute Gasteiger partial charge is 0.433 e. The molecule has 0 unspecified atom stereocenters. The monoisotopic (exact) mass is 328 g/mol. The summed E-state index contributed by atoms with van der Waals surface area (Å²) in [5.41, 5.74) is 3.01. The van der Waals surface area contributed by atoms with Crippen LogP contribution in [0.4, 0.5) is 15.3 Å². The van der Waals surface area contributed by atoms with Gasteiger partial charge in [0.15, 0.2) is 0 Å². The zero-order chi connectivity index (χ0) is 18.0. The summed E-state index contributed by atoms with van der Waals surface area (Å²) < 4.78 is 11.2. The zero-order valence-electron chi connectivity index (χ0n) is 14.5. The van der Waals surface area contributed by atoms with E-state index in [2.05, 4.69) is 16.0 Å². The van der Waals surface area contributed by atoms with Crippen LogP contribution in [-0.4, -0.2) is 33.2 Å². The van der Waals surface area contributed by atoms with E-state index in [1.807, 2.05) is 0 Å². The van der Waals surface area contributed by atoms with Crippen LogP contribution in [0.1, 0.15) is 47.2 Å². The highest BCUT2D eigenvalue weighted by Crippen LogP contribution is 2.13. The minimum Gasteiger partial charge on any atom is -0.443 e. The van der Waals surface area contributed by atoms with Gasteiger partial charge in [0.1, 0.15) is 16.9 Å². The molecule has 0 saturated carbocycles. The molecule has 9 heteroatoms. The predicted octanol–water partition coefficient (Wildman–Crippen LogP) is 2.12. The lowest BCUT2D eigenvalue weighted by atomic mass is 10.2. The number of carbonyl (C=O) groups excluding carboxylic acids is 2. The Balaban J connectivity index is 2.85. The highest BCUT2D eigenvalue weighted by atomic mass is 16.6. The second-order valence-electron chi connectivity index (χ2n) is 6.97. The zero-order valence-corrected chi connectivity index (χ0v) is 14.5. The van der Waals surface area contributed by atoms with Gasteiger partial charge in [0.2, 0.25) is 0 Å². The molecule has 0 aliphatic heterocycles. The van der Waals surface area contributed by atoms with Crippen molar-refractivity contribution in [1.29, 1.82) is 0 Å². The summed E-state index contributed by atoms with van der Waals surface area (Å²) in [6, 6.07) is 0. The van der Waals surface area contributed by atoms with Crippen LogP contribution < -0.4 is 16.4 Å². The third kappa shape index (κ3) is 5.68. The first kappa shape index (κ1) is 18.6. The molecule has 0 atom stereocenters. The van der Waals surface area contributed by atoms with Gasteiger partial charge < -0.3 is 9.47 Å². The van der Waals surface area contributed by atoms with Gasteiger partial charge in [-0.05, 0) is 48.5 Å². The van der Waals surface area contributed by atoms with Crippen molar-refractivity contribution < 1.29 is 19.1 Å². The molecular weight excluding hydrogens is 304 g/mol. The third-order valence-corrected chi connectivity index (χ3v) is 2.40. The number of anilines is 1. The van der Waals surface area contributed by atoms with Crippen LogP contribution in [-0.2, 0) is 9.47 Å². The molecule has 0 aromatic carbocycles. The molecule has 0 aliphatic carbocycles. The lowest BCUT2D eigenvalue weighted by Gasteiger charge is -2.20. The number of hydrazine groups is 1. The number of ether oxygens (including phenoxy) is 2. The van der Waals surface area contributed by atoms with E-state index in [0.29, 0.717) is 0 Å². The molecule has 3 N–H and O–H groups in total. The van der Waals surface area contributed by atoms with E-state index in [-0.39, 0.29) is 11.4 Å². The van der Waals surface area contributed by atoms with Crippen LogP contribution >= 0.6 is 0 Å². The fourth-order valence-electron chi connectivity index (χ4n) is 1.57. The molecule has 0 bridgehead atoms. The second-order valence-corrected chi connectivity index (χ2v) is 6.97. The van der Waals surface area contributed by atoms with Crippen molar-refractivity contribution >= 4 is 17.9 Å². The van der Waals surface area contributed by atoms with Crippen molar-refractivity contribution in [3.8, 4) is 0 Å². The molecule has 0 aliphatic rings. The van der Waals surface area contributed by atoms with Gasteiger partial charge in [-0.3, -0.25) is 15.3 Å². The number of hydrogen-bond donors (Lipinski definition) is 3. The normalized spacial score (nSPS) is 11.8. The molecule has 1 aromatic heterocycles. The number of amides is 1. The minimum absolute atomic E-state index is 0.0155. The molecule has 0 radical (unpaired) electrons. The Morgan fingerprint density at radius 1 is 1.04 bits per heavy atom. The Morgan fingerprint density at radius 3 is 2.04 bits per heavy atom. The summed E-state index contributed by atoms with van der Waals surface area (Å²) in [6.07, 6.45) is -1.47. The molecule has 0 fully saturated rings. The largest absolute Gasteiger partial charge is 0.443 e. The fourth-order valence-corrected chi connectivity index (χ4v) is 1.57. The van der Waals surface area contributed by atoms with E-state index in [9.17, 15) is 14.4 Å². The first-order chi connectivity index (χ1) is 10.3. The van der Waals surface area contributed by atoms with E-state index in [1.54, 1.807) is 41.5 Å². The number of aromatic amines is 1. The molecule has 1 heterocycles. The minimum atomic E-state index is -0.749. The van der Waals surface area contributed by atoms with Crippen molar-refractivity contribution in [2.75, 3.05) is 5.43 Å². The average molecular weight is 328 g/mol. The first-order valence-corrected chi connectivity index (χ1v) is 7.10. The number of aromatic nitrogens is 2. The highest BCUT2D eigenvalue weighted by molar-refractivity contribution is 5.74. The SMILES string of the molecule is Cc1c(NNC(=O)OC(C)(C)C)c(=O)[nH]n1C(=O)OC(C)(C)C. The Hall–Kier alpha value is -2.45. The maximum atomic E-state index is 12.0. The van der Waals surface area contributed by atoms with Crippen LogP contribution in [0.5, 0.6) is 0 Å². The summed E-state index contributed by atoms with van der Waals surface area (Å²) in [6.45, 7) is 11.8. The van der Waals surface area contributed by atoms with Crippen LogP contribution in [0, 0.1) is 6.92 Å². The van der Waals surface area contributed by atoms with Gasteiger partial charge in [-0.15, -0.1) is 0 Å². The van der Waals surface area contributed by atoms with Gasteiger partial charge in [-0.2, -0.15) is 4.68 Å². The van der Waals surface area contributed by atoms with Crippen LogP contribution in [0.15, 0.2) is 4.79 Å². The number of hydrogen-bond acceptors (Lipinski definition) is 6. The van der Waals surface area contributed by atoms with E-state index < -0.39 is 28.9 Å². The average Bonchev–Trinajstić information content (AvgIpc) is 2.58. The van der Waals surface area contributed by atoms with Crippen molar-refractivity contribution in [2.24, 2.45) is 0 Å². The molecule has 0 saturated heterocycles. The van der Waals surface area contributed by atoms with Crippen molar-refractivity contribution in [2.45, 2.75) is 59.7 Å². The topological polar surface area (TPSA) is 114 Å². The number of nitrogens with one attached hydrogen (secondary N) is 3. The van der Waals surface area contributed by atoms with Gasteiger partial charge >= 0.3 is 12.2 Å². The molecule has 9 nitrogen and oxygen atoms in total. The van der Waals surface area contributed by atoms with Crippen LogP contribution in [0.25, 0.3) is 0 Å². The summed E-state index contributed by atoms with van der Waals surface area (Å²) in [4.78, 5) is 35.5. The van der Waals surface area contributed by atoms with E-state index >= 15 is 0 Å². The second kappa shape index (κ2) is 6.35. The van der Waals surface area contributed by atoms with Crippen LogP contribution in [0.2, 0.25) is 0 Å². The molecule has 130 valence electrons. The van der Waals surface area contributed by atoms with Gasteiger partial charge in [-0.1, -0.05) is 0 Å². The van der Waals surface area contributed by atoms with Gasteiger partial charge in [0, 0.05) is 0 Å². The molecule has 1 amide bonds. The van der Waals surface area contributed by atoms with E-state index in [1.165, 1.54) is 6.92 Å². The predicted molar refractivity (Wildman–Crippen MR) is 84.4 cm³/mol. The molecule has 0 spiro atoms.